The largest absolute Gasteiger partial charge is 0.389 e. The van der Waals surface area contributed by atoms with Gasteiger partial charge in [-0.25, -0.2) is 4.39 Å². The molecule has 0 saturated carbocycles. The highest BCUT2D eigenvalue weighted by atomic mass is 19.1. The molecule has 1 rings (SSSR count). The second kappa shape index (κ2) is 4.42. The van der Waals surface area contributed by atoms with Gasteiger partial charge in [0.1, 0.15) is 5.82 Å². The minimum Gasteiger partial charge on any atom is -0.389 e. The van der Waals surface area contributed by atoms with Crippen LogP contribution in [0.5, 0.6) is 0 Å². The summed E-state index contributed by atoms with van der Waals surface area (Å²) in [6.45, 7) is 4.29. The zero-order valence-corrected chi connectivity index (χ0v) is 8.79. The molecular formula is C11H16FNO. The summed E-state index contributed by atoms with van der Waals surface area (Å²) in [5.74, 6) is -0.284. The van der Waals surface area contributed by atoms with Crippen molar-refractivity contribution < 1.29 is 9.50 Å². The van der Waals surface area contributed by atoms with Crippen molar-refractivity contribution in [2.75, 3.05) is 18.5 Å². The van der Waals surface area contributed by atoms with Crippen LogP contribution in [0.25, 0.3) is 0 Å². The number of para-hydroxylation sites is 1. The van der Waals surface area contributed by atoms with Gasteiger partial charge in [-0.3, -0.25) is 0 Å². The average molecular weight is 197 g/mol. The maximum Gasteiger partial charge on any atom is 0.146 e. The Kier molecular flexibility index (Phi) is 3.47. The molecule has 0 spiro atoms. The third kappa shape index (κ3) is 2.04. The Balaban J connectivity index is 3.22. The summed E-state index contributed by atoms with van der Waals surface area (Å²) in [6.07, 6.45) is -0.644. The molecule has 1 aromatic carbocycles. The highest BCUT2D eigenvalue weighted by Crippen LogP contribution is 2.28. The summed E-state index contributed by atoms with van der Waals surface area (Å²) in [5, 5.41) is 9.48. The number of benzene rings is 1. The topological polar surface area (TPSA) is 23.5 Å². The van der Waals surface area contributed by atoms with Gasteiger partial charge < -0.3 is 10.0 Å². The lowest BCUT2D eigenvalue weighted by atomic mass is 10.1. The molecule has 0 saturated heterocycles. The van der Waals surface area contributed by atoms with Crippen LogP contribution in [0.3, 0.4) is 0 Å². The third-order valence-corrected chi connectivity index (χ3v) is 2.32. The Morgan fingerprint density at radius 2 is 2.14 bits per heavy atom. The summed E-state index contributed by atoms with van der Waals surface area (Å²) < 4.78 is 13.5. The fourth-order valence-electron chi connectivity index (χ4n) is 1.43. The number of nitrogens with zero attached hydrogens (tertiary/aromatic N) is 1. The number of rotatable bonds is 3. The van der Waals surface area contributed by atoms with E-state index in [9.17, 15) is 9.50 Å². The van der Waals surface area contributed by atoms with Gasteiger partial charge in [0.05, 0.1) is 11.8 Å². The number of halogens is 1. The van der Waals surface area contributed by atoms with Gasteiger partial charge in [-0.1, -0.05) is 12.1 Å². The molecule has 0 aliphatic rings. The van der Waals surface area contributed by atoms with Crippen LogP contribution in [0.4, 0.5) is 10.1 Å². The van der Waals surface area contributed by atoms with Crippen LogP contribution in [-0.4, -0.2) is 18.7 Å². The Morgan fingerprint density at radius 3 is 2.64 bits per heavy atom. The van der Waals surface area contributed by atoms with Crippen LogP contribution in [0, 0.1) is 5.82 Å². The quantitative estimate of drug-likeness (QED) is 0.804. The number of aliphatic hydroxyl groups excluding tert-OH is 1. The second-order valence-corrected chi connectivity index (χ2v) is 3.37. The summed E-state index contributed by atoms with van der Waals surface area (Å²) in [7, 11) is 1.81. The van der Waals surface area contributed by atoms with Crippen LogP contribution >= 0.6 is 0 Å². The Labute approximate surface area is 84.0 Å². The first-order valence-electron chi connectivity index (χ1n) is 4.75. The van der Waals surface area contributed by atoms with Crippen LogP contribution in [0.2, 0.25) is 0 Å². The van der Waals surface area contributed by atoms with E-state index in [1.54, 1.807) is 24.0 Å². The minimum atomic E-state index is -0.644. The summed E-state index contributed by atoms with van der Waals surface area (Å²) >= 11 is 0. The zero-order valence-electron chi connectivity index (χ0n) is 8.79. The molecule has 0 heterocycles. The van der Waals surface area contributed by atoms with E-state index in [0.717, 1.165) is 0 Å². The molecule has 0 bridgehead atoms. The standard InChI is InChI=1S/C11H16FNO/c1-4-13(3)11-9(8(2)14)6-5-7-10(11)12/h5-8,14H,4H2,1-3H3/t8-/m1/s1. The molecule has 0 unspecified atom stereocenters. The van der Waals surface area contributed by atoms with E-state index in [0.29, 0.717) is 17.8 Å². The van der Waals surface area contributed by atoms with Crippen LogP contribution in [-0.2, 0) is 0 Å². The molecule has 0 fully saturated rings. The SMILES string of the molecule is CCN(C)c1c(F)cccc1[C@@H](C)O. The van der Waals surface area contributed by atoms with Crippen molar-refractivity contribution in [3.8, 4) is 0 Å². The van der Waals surface area contributed by atoms with Gasteiger partial charge in [0.15, 0.2) is 0 Å². The van der Waals surface area contributed by atoms with Crippen molar-refractivity contribution in [3.05, 3.63) is 29.6 Å². The number of hydrogen-bond acceptors (Lipinski definition) is 2. The normalized spacial score (nSPS) is 12.6. The van der Waals surface area contributed by atoms with Crippen molar-refractivity contribution >= 4 is 5.69 Å². The van der Waals surface area contributed by atoms with E-state index in [-0.39, 0.29) is 5.82 Å². The van der Waals surface area contributed by atoms with Gasteiger partial charge in [0.25, 0.3) is 0 Å². The molecule has 14 heavy (non-hydrogen) atoms. The summed E-state index contributed by atoms with van der Waals surface area (Å²) in [5.41, 5.74) is 1.12. The molecule has 78 valence electrons. The molecule has 1 aromatic rings. The highest BCUT2D eigenvalue weighted by Gasteiger charge is 2.14. The number of hydrogen-bond donors (Lipinski definition) is 1. The molecule has 0 aromatic heterocycles. The van der Waals surface area contributed by atoms with Crippen molar-refractivity contribution in [2.24, 2.45) is 0 Å². The minimum absolute atomic E-state index is 0.284. The van der Waals surface area contributed by atoms with Gasteiger partial charge >= 0.3 is 0 Å². The molecule has 0 radical (unpaired) electrons. The first kappa shape index (κ1) is 11.0. The smallest absolute Gasteiger partial charge is 0.146 e. The average Bonchev–Trinajstić information content (AvgIpc) is 2.16. The van der Waals surface area contributed by atoms with E-state index >= 15 is 0 Å². The zero-order chi connectivity index (χ0) is 10.7. The van der Waals surface area contributed by atoms with Crippen molar-refractivity contribution in [3.63, 3.8) is 0 Å². The van der Waals surface area contributed by atoms with Gasteiger partial charge in [-0.15, -0.1) is 0 Å². The Morgan fingerprint density at radius 1 is 1.50 bits per heavy atom. The molecular weight excluding hydrogens is 181 g/mol. The van der Waals surface area contributed by atoms with Crippen molar-refractivity contribution in [2.45, 2.75) is 20.0 Å². The fraction of sp³-hybridized carbons (Fsp3) is 0.455. The fourth-order valence-corrected chi connectivity index (χ4v) is 1.43. The van der Waals surface area contributed by atoms with E-state index in [1.807, 2.05) is 14.0 Å². The molecule has 1 N–H and O–H groups in total. The van der Waals surface area contributed by atoms with Crippen LogP contribution < -0.4 is 4.90 Å². The van der Waals surface area contributed by atoms with E-state index in [2.05, 4.69) is 0 Å². The molecule has 0 amide bonds. The van der Waals surface area contributed by atoms with E-state index in [1.165, 1.54) is 6.07 Å². The van der Waals surface area contributed by atoms with Gasteiger partial charge in [0, 0.05) is 19.2 Å². The maximum absolute atomic E-state index is 13.5. The summed E-state index contributed by atoms with van der Waals surface area (Å²) in [6, 6.07) is 4.77. The lowest BCUT2D eigenvalue weighted by Gasteiger charge is -2.22. The predicted molar refractivity (Wildman–Crippen MR) is 56.0 cm³/mol. The Bertz CT molecular complexity index is 312. The van der Waals surface area contributed by atoms with Gasteiger partial charge in [0.2, 0.25) is 0 Å². The highest BCUT2D eigenvalue weighted by molar-refractivity contribution is 5.55. The Hall–Kier alpha value is -1.09. The van der Waals surface area contributed by atoms with Crippen LogP contribution in [0.1, 0.15) is 25.5 Å². The number of aliphatic hydroxyl groups is 1. The first-order chi connectivity index (χ1) is 6.57. The second-order valence-electron chi connectivity index (χ2n) is 3.37. The van der Waals surface area contributed by atoms with Crippen LogP contribution in [0.15, 0.2) is 18.2 Å². The van der Waals surface area contributed by atoms with Crippen molar-refractivity contribution in [1.29, 1.82) is 0 Å². The molecule has 0 aliphatic heterocycles. The monoisotopic (exact) mass is 197 g/mol. The lowest BCUT2D eigenvalue weighted by molar-refractivity contribution is 0.199. The number of anilines is 1. The van der Waals surface area contributed by atoms with E-state index in [4.69, 9.17) is 0 Å². The summed E-state index contributed by atoms with van der Waals surface area (Å²) in [4.78, 5) is 1.79. The molecule has 1 atom stereocenters. The van der Waals surface area contributed by atoms with Gasteiger partial charge in [-0.05, 0) is 19.9 Å². The maximum atomic E-state index is 13.5. The molecule has 0 aliphatic carbocycles. The molecule has 2 nitrogen and oxygen atoms in total. The predicted octanol–water partition coefficient (Wildman–Crippen LogP) is 2.34. The third-order valence-electron chi connectivity index (χ3n) is 2.32. The van der Waals surface area contributed by atoms with Gasteiger partial charge in [-0.2, -0.15) is 0 Å². The van der Waals surface area contributed by atoms with Crippen molar-refractivity contribution in [1.82, 2.24) is 0 Å². The lowest BCUT2D eigenvalue weighted by Crippen LogP contribution is -2.19. The van der Waals surface area contributed by atoms with E-state index < -0.39 is 6.10 Å². The molecule has 3 heteroatoms. The first-order valence-corrected chi connectivity index (χ1v) is 4.75.